The van der Waals surface area contributed by atoms with E-state index in [1.54, 1.807) is 18.7 Å². The molecule has 0 spiro atoms. The maximum atomic E-state index is 5.04. The van der Waals surface area contributed by atoms with Crippen molar-refractivity contribution in [3.8, 4) is 11.3 Å². The molecule has 0 aliphatic rings. The van der Waals surface area contributed by atoms with Crippen LogP contribution in [0.1, 0.15) is 0 Å². The van der Waals surface area contributed by atoms with Gasteiger partial charge in [-0.25, -0.2) is 4.98 Å². The first kappa shape index (κ1) is 8.73. The fourth-order valence-electron chi connectivity index (χ4n) is 1.56. The summed E-state index contributed by atoms with van der Waals surface area (Å²) in [6.45, 7) is 0. The van der Waals surface area contributed by atoms with Gasteiger partial charge in [0.15, 0.2) is 0 Å². The van der Waals surface area contributed by atoms with Crippen molar-refractivity contribution in [2.24, 2.45) is 0 Å². The molecule has 4 heteroatoms. The number of rotatable bonds is 1. The van der Waals surface area contributed by atoms with E-state index < -0.39 is 0 Å². The molecule has 0 saturated carbocycles. The summed E-state index contributed by atoms with van der Waals surface area (Å²) in [5.74, 6) is 0. The Hall–Kier alpha value is -1.55. The van der Waals surface area contributed by atoms with Crippen molar-refractivity contribution in [1.82, 2.24) is 9.97 Å². The predicted molar refractivity (Wildman–Crippen MR) is 61.5 cm³/mol. The second-order valence-corrected chi connectivity index (χ2v) is 4.20. The molecule has 3 aromatic rings. The summed E-state index contributed by atoms with van der Waals surface area (Å²) < 4.78 is 6.02. The van der Waals surface area contributed by atoms with Gasteiger partial charge in [-0.1, -0.05) is 0 Å². The Bertz CT molecular complexity index is 598. The minimum absolute atomic E-state index is 0.884. The third-order valence-electron chi connectivity index (χ3n) is 2.27. The molecule has 3 aromatic heterocycles. The van der Waals surface area contributed by atoms with Crippen LogP contribution in [-0.4, -0.2) is 9.97 Å². The zero-order valence-electron chi connectivity index (χ0n) is 7.70. The highest BCUT2D eigenvalue weighted by Gasteiger charge is 2.05. The highest BCUT2D eigenvalue weighted by atomic mass is 79.9. The van der Waals surface area contributed by atoms with Crippen LogP contribution in [0.5, 0.6) is 0 Å². The van der Waals surface area contributed by atoms with Crippen molar-refractivity contribution >= 4 is 27.0 Å². The largest absolute Gasteiger partial charge is 0.472 e. The Morgan fingerprint density at radius 1 is 1.33 bits per heavy atom. The molecule has 0 bridgehead atoms. The second-order valence-electron chi connectivity index (χ2n) is 3.29. The van der Waals surface area contributed by atoms with Gasteiger partial charge in [-0.2, -0.15) is 0 Å². The number of fused-ring (bicyclic) bond motifs is 1. The molecule has 3 nitrogen and oxygen atoms in total. The zero-order valence-corrected chi connectivity index (χ0v) is 9.28. The van der Waals surface area contributed by atoms with Crippen LogP contribution >= 0.6 is 15.9 Å². The van der Waals surface area contributed by atoms with Crippen LogP contribution in [0, 0.1) is 0 Å². The van der Waals surface area contributed by atoms with Crippen LogP contribution in [-0.2, 0) is 0 Å². The van der Waals surface area contributed by atoms with Crippen LogP contribution < -0.4 is 0 Å². The highest BCUT2D eigenvalue weighted by Crippen LogP contribution is 2.24. The number of H-pyrrole nitrogens is 1. The van der Waals surface area contributed by atoms with E-state index in [-0.39, 0.29) is 0 Å². The fraction of sp³-hybridized carbons (Fsp3) is 0. The van der Waals surface area contributed by atoms with Gasteiger partial charge in [-0.3, -0.25) is 0 Å². The van der Waals surface area contributed by atoms with E-state index in [2.05, 4.69) is 32.0 Å². The molecule has 15 heavy (non-hydrogen) atoms. The maximum Gasteiger partial charge on any atom is 0.137 e. The van der Waals surface area contributed by atoms with Crippen LogP contribution in [0.3, 0.4) is 0 Å². The van der Waals surface area contributed by atoms with E-state index >= 15 is 0 Å². The average molecular weight is 263 g/mol. The third kappa shape index (κ3) is 1.47. The first-order valence-corrected chi connectivity index (χ1v) is 5.29. The van der Waals surface area contributed by atoms with Gasteiger partial charge in [-0.15, -0.1) is 0 Å². The van der Waals surface area contributed by atoms with Gasteiger partial charge < -0.3 is 9.40 Å². The van der Waals surface area contributed by atoms with Crippen molar-refractivity contribution in [3.63, 3.8) is 0 Å². The van der Waals surface area contributed by atoms with Crippen molar-refractivity contribution < 1.29 is 4.42 Å². The molecule has 1 N–H and O–H groups in total. The summed E-state index contributed by atoms with van der Waals surface area (Å²) in [5.41, 5.74) is 2.93. The molecular weight excluding hydrogens is 256 g/mol. The molecule has 3 heterocycles. The molecule has 0 radical (unpaired) electrons. The number of aromatic nitrogens is 2. The lowest BCUT2D eigenvalue weighted by Gasteiger charge is -1.88. The lowest BCUT2D eigenvalue weighted by molar-refractivity contribution is 0.568. The Labute approximate surface area is 94.3 Å². The van der Waals surface area contributed by atoms with Crippen molar-refractivity contribution in [3.05, 3.63) is 41.4 Å². The van der Waals surface area contributed by atoms with Crippen LogP contribution in [0.25, 0.3) is 22.3 Å². The molecular formula is C11H7BrN2O. The van der Waals surface area contributed by atoms with Crippen molar-refractivity contribution in [2.75, 3.05) is 0 Å². The quantitative estimate of drug-likeness (QED) is 0.729. The van der Waals surface area contributed by atoms with Gasteiger partial charge >= 0.3 is 0 Å². The number of hydrogen-bond acceptors (Lipinski definition) is 2. The summed E-state index contributed by atoms with van der Waals surface area (Å²) in [6, 6.07) is 6.00. The lowest BCUT2D eigenvalue weighted by Crippen LogP contribution is -1.75. The molecule has 0 atom stereocenters. The molecule has 0 aliphatic heterocycles. The minimum Gasteiger partial charge on any atom is -0.472 e. The first-order valence-electron chi connectivity index (χ1n) is 4.50. The number of furan rings is 1. The molecule has 3 rings (SSSR count). The summed E-state index contributed by atoms with van der Waals surface area (Å²) in [7, 11) is 0. The molecule has 0 aliphatic carbocycles. The van der Waals surface area contributed by atoms with Crippen molar-refractivity contribution in [2.45, 2.75) is 0 Å². The number of nitrogens with one attached hydrogen (secondary N) is 1. The van der Waals surface area contributed by atoms with Gasteiger partial charge in [0.05, 0.1) is 18.2 Å². The Morgan fingerprint density at radius 2 is 2.27 bits per heavy atom. The molecule has 0 unspecified atom stereocenters. The number of nitrogens with zero attached hydrogens (tertiary/aromatic N) is 1. The Balaban J connectivity index is 2.22. The minimum atomic E-state index is 0.884. The zero-order chi connectivity index (χ0) is 10.3. The van der Waals surface area contributed by atoms with Gasteiger partial charge in [0, 0.05) is 21.6 Å². The van der Waals surface area contributed by atoms with Crippen molar-refractivity contribution in [1.29, 1.82) is 0 Å². The standard InChI is InChI=1S/C11H7BrN2O/c12-9-3-8-4-10(7-1-2-15-6-7)14-11(8)13-5-9/h1-6H,(H,13,14). The maximum absolute atomic E-state index is 5.04. The number of halogens is 1. The normalized spacial score (nSPS) is 11.0. The van der Waals surface area contributed by atoms with Crippen LogP contribution in [0.2, 0.25) is 0 Å². The summed E-state index contributed by atoms with van der Waals surface area (Å²) in [5, 5.41) is 1.08. The first-order chi connectivity index (χ1) is 7.33. The van der Waals surface area contributed by atoms with Gasteiger partial charge in [0.2, 0.25) is 0 Å². The monoisotopic (exact) mass is 262 g/mol. The second kappa shape index (κ2) is 3.24. The third-order valence-corrected chi connectivity index (χ3v) is 2.70. The van der Waals surface area contributed by atoms with E-state index in [1.165, 1.54) is 0 Å². The van der Waals surface area contributed by atoms with Crippen LogP contribution in [0.4, 0.5) is 0 Å². The smallest absolute Gasteiger partial charge is 0.137 e. The van der Waals surface area contributed by atoms with Crippen LogP contribution in [0.15, 0.2) is 45.8 Å². The Morgan fingerprint density at radius 3 is 3.07 bits per heavy atom. The predicted octanol–water partition coefficient (Wildman–Crippen LogP) is 3.59. The molecule has 0 saturated heterocycles. The van der Waals surface area contributed by atoms with Gasteiger partial charge in [-0.05, 0) is 34.1 Å². The molecule has 74 valence electrons. The molecule has 0 amide bonds. The molecule has 0 aromatic carbocycles. The number of hydrogen-bond donors (Lipinski definition) is 1. The molecule has 0 fully saturated rings. The summed E-state index contributed by atoms with van der Waals surface area (Å²) in [4.78, 5) is 7.51. The van der Waals surface area contributed by atoms with Gasteiger partial charge in [0.25, 0.3) is 0 Å². The SMILES string of the molecule is Brc1cnc2[nH]c(-c3ccoc3)cc2c1. The summed E-state index contributed by atoms with van der Waals surface area (Å²) in [6.07, 6.45) is 5.14. The average Bonchev–Trinajstić information content (AvgIpc) is 2.84. The van der Waals surface area contributed by atoms with Gasteiger partial charge in [0.1, 0.15) is 5.65 Å². The van der Waals surface area contributed by atoms with E-state index in [9.17, 15) is 0 Å². The number of aromatic amines is 1. The highest BCUT2D eigenvalue weighted by molar-refractivity contribution is 9.10. The lowest BCUT2D eigenvalue weighted by atomic mass is 10.2. The van der Waals surface area contributed by atoms with E-state index in [4.69, 9.17) is 4.42 Å². The van der Waals surface area contributed by atoms with E-state index in [0.717, 1.165) is 26.8 Å². The summed E-state index contributed by atoms with van der Waals surface area (Å²) >= 11 is 3.40. The number of pyridine rings is 1. The van der Waals surface area contributed by atoms with E-state index in [1.807, 2.05) is 12.1 Å². The topological polar surface area (TPSA) is 41.8 Å². The Kier molecular flexibility index (Phi) is 1.89. The van der Waals surface area contributed by atoms with E-state index in [0.29, 0.717) is 0 Å². The fourth-order valence-corrected chi connectivity index (χ4v) is 1.91.